The predicted molar refractivity (Wildman–Crippen MR) is 74.1 cm³/mol. The van der Waals surface area contributed by atoms with Crippen molar-refractivity contribution in [1.82, 2.24) is 0 Å². The topological polar surface area (TPSA) is 27.7 Å². The second kappa shape index (κ2) is 9.83. The van der Waals surface area contributed by atoms with Crippen molar-refractivity contribution in [2.75, 3.05) is 21.3 Å². The molecular formula is C13H28O3Si. The smallest absolute Gasteiger partial charge is 0.377 e. The van der Waals surface area contributed by atoms with Gasteiger partial charge in [-0.05, 0) is 19.3 Å². The lowest BCUT2D eigenvalue weighted by atomic mass is 10.1. The zero-order valence-electron chi connectivity index (χ0n) is 11.9. The number of rotatable bonds is 11. The lowest BCUT2D eigenvalue weighted by Crippen LogP contribution is -2.42. The molecule has 0 bridgehead atoms. The predicted octanol–water partition coefficient (Wildman–Crippen LogP) is 3.78. The third-order valence-corrected chi connectivity index (χ3v) is 5.83. The maximum Gasteiger partial charge on any atom is 0.500 e. The van der Waals surface area contributed by atoms with Crippen molar-refractivity contribution in [1.29, 1.82) is 0 Å². The quantitative estimate of drug-likeness (QED) is 0.321. The SMILES string of the molecule is C=C(CCCCCC)CC[Si](OC)(OC)OC. The Bertz CT molecular complexity index is 195. The van der Waals surface area contributed by atoms with Crippen LogP contribution in [0.15, 0.2) is 12.2 Å². The Morgan fingerprint density at radius 3 is 2.00 bits per heavy atom. The highest BCUT2D eigenvalue weighted by molar-refractivity contribution is 6.60. The van der Waals surface area contributed by atoms with Crippen molar-refractivity contribution in [2.45, 2.75) is 51.5 Å². The fourth-order valence-corrected chi connectivity index (χ4v) is 3.58. The van der Waals surface area contributed by atoms with Crippen molar-refractivity contribution in [3.8, 4) is 0 Å². The molecule has 0 aromatic carbocycles. The Kier molecular flexibility index (Phi) is 9.73. The summed E-state index contributed by atoms with van der Waals surface area (Å²) >= 11 is 0. The Morgan fingerprint density at radius 2 is 1.53 bits per heavy atom. The lowest BCUT2D eigenvalue weighted by Gasteiger charge is -2.24. The molecule has 0 aliphatic rings. The van der Waals surface area contributed by atoms with Crippen molar-refractivity contribution in [3.63, 3.8) is 0 Å². The van der Waals surface area contributed by atoms with Crippen molar-refractivity contribution >= 4 is 8.80 Å². The van der Waals surface area contributed by atoms with Gasteiger partial charge in [-0.3, -0.25) is 0 Å². The zero-order valence-corrected chi connectivity index (χ0v) is 12.9. The number of allylic oxidation sites excluding steroid dienone is 1. The summed E-state index contributed by atoms with van der Waals surface area (Å²) in [6.07, 6.45) is 7.19. The van der Waals surface area contributed by atoms with E-state index in [1.807, 2.05) is 0 Å². The molecule has 4 heteroatoms. The third kappa shape index (κ3) is 6.98. The van der Waals surface area contributed by atoms with Crippen molar-refractivity contribution in [2.24, 2.45) is 0 Å². The van der Waals surface area contributed by atoms with Crippen LogP contribution in [0.25, 0.3) is 0 Å². The van der Waals surface area contributed by atoms with Crippen LogP contribution in [0.2, 0.25) is 6.04 Å². The van der Waals surface area contributed by atoms with Crippen LogP contribution in [0.5, 0.6) is 0 Å². The highest BCUT2D eigenvalue weighted by Crippen LogP contribution is 2.21. The van der Waals surface area contributed by atoms with E-state index in [9.17, 15) is 0 Å². The standard InChI is InChI=1S/C13H28O3Si/c1-6-7-8-9-10-13(2)11-12-17(14-3,15-4)16-5/h2,6-12H2,1,3-5H3. The van der Waals surface area contributed by atoms with E-state index in [1.165, 1.54) is 31.3 Å². The molecule has 3 nitrogen and oxygen atoms in total. The molecule has 0 saturated heterocycles. The van der Waals surface area contributed by atoms with Gasteiger partial charge in [-0.25, -0.2) is 0 Å². The van der Waals surface area contributed by atoms with Gasteiger partial charge in [0.05, 0.1) is 0 Å². The van der Waals surface area contributed by atoms with Crippen LogP contribution >= 0.6 is 0 Å². The summed E-state index contributed by atoms with van der Waals surface area (Å²) in [7, 11) is 2.57. The van der Waals surface area contributed by atoms with Gasteiger partial charge in [0.25, 0.3) is 0 Å². The molecule has 17 heavy (non-hydrogen) atoms. The first-order valence-electron chi connectivity index (χ1n) is 6.46. The summed E-state index contributed by atoms with van der Waals surface area (Å²) in [5.41, 5.74) is 1.28. The molecule has 0 aromatic rings. The van der Waals surface area contributed by atoms with Crippen molar-refractivity contribution < 1.29 is 13.3 Å². The zero-order chi connectivity index (χ0) is 13.1. The normalized spacial score (nSPS) is 11.8. The van der Waals surface area contributed by atoms with E-state index in [0.29, 0.717) is 0 Å². The first kappa shape index (κ1) is 16.8. The highest BCUT2D eigenvalue weighted by atomic mass is 28.4. The van der Waals surface area contributed by atoms with Gasteiger partial charge in [-0.1, -0.05) is 38.3 Å². The maximum absolute atomic E-state index is 5.38. The van der Waals surface area contributed by atoms with E-state index in [2.05, 4.69) is 13.5 Å². The van der Waals surface area contributed by atoms with Crippen LogP contribution in [-0.4, -0.2) is 30.1 Å². The maximum atomic E-state index is 5.38. The average molecular weight is 260 g/mol. The number of hydrogen-bond acceptors (Lipinski definition) is 3. The van der Waals surface area contributed by atoms with Crippen LogP contribution < -0.4 is 0 Å². The van der Waals surface area contributed by atoms with Gasteiger partial charge in [0.15, 0.2) is 0 Å². The fourth-order valence-electron chi connectivity index (χ4n) is 1.81. The molecular weight excluding hydrogens is 232 g/mol. The molecule has 0 unspecified atom stereocenters. The van der Waals surface area contributed by atoms with E-state index in [0.717, 1.165) is 18.9 Å². The molecule has 0 saturated carbocycles. The third-order valence-electron chi connectivity index (χ3n) is 3.10. The Hall–Kier alpha value is -0.163. The first-order chi connectivity index (χ1) is 8.14. The van der Waals surface area contributed by atoms with Crippen LogP contribution in [0.1, 0.15) is 45.4 Å². The Morgan fingerprint density at radius 1 is 0.941 bits per heavy atom. The average Bonchev–Trinajstić information content (AvgIpc) is 2.37. The highest BCUT2D eigenvalue weighted by Gasteiger charge is 2.37. The van der Waals surface area contributed by atoms with Gasteiger partial charge in [0, 0.05) is 27.4 Å². The molecule has 0 aromatic heterocycles. The summed E-state index contributed by atoms with van der Waals surface area (Å²) in [6, 6.07) is 0.823. The summed E-state index contributed by atoms with van der Waals surface area (Å²) in [4.78, 5) is 0. The molecule has 102 valence electrons. The van der Waals surface area contributed by atoms with E-state index < -0.39 is 8.80 Å². The van der Waals surface area contributed by atoms with Crippen LogP contribution in [0, 0.1) is 0 Å². The van der Waals surface area contributed by atoms with E-state index in [-0.39, 0.29) is 0 Å². The van der Waals surface area contributed by atoms with E-state index >= 15 is 0 Å². The minimum absolute atomic E-state index is 0.823. The second-order valence-corrected chi connectivity index (χ2v) is 7.45. The molecule has 0 aliphatic heterocycles. The minimum Gasteiger partial charge on any atom is -0.377 e. The van der Waals surface area contributed by atoms with Gasteiger partial charge in [-0.2, -0.15) is 0 Å². The largest absolute Gasteiger partial charge is 0.500 e. The summed E-state index contributed by atoms with van der Waals surface area (Å²) in [6.45, 7) is 6.34. The summed E-state index contributed by atoms with van der Waals surface area (Å²) < 4.78 is 16.1. The molecule has 0 rings (SSSR count). The summed E-state index contributed by atoms with van der Waals surface area (Å²) in [5.74, 6) is 0. The molecule has 0 heterocycles. The first-order valence-corrected chi connectivity index (χ1v) is 8.39. The van der Waals surface area contributed by atoms with Crippen LogP contribution in [0.3, 0.4) is 0 Å². The van der Waals surface area contributed by atoms with E-state index in [4.69, 9.17) is 13.3 Å². The summed E-state index contributed by atoms with van der Waals surface area (Å²) in [5, 5.41) is 0. The fraction of sp³-hybridized carbons (Fsp3) is 0.846. The second-order valence-electron chi connectivity index (χ2n) is 4.36. The number of hydrogen-bond donors (Lipinski definition) is 0. The Balaban J connectivity index is 3.81. The van der Waals surface area contributed by atoms with Gasteiger partial charge in [0.2, 0.25) is 0 Å². The van der Waals surface area contributed by atoms with Gasteiger partial charge < -0.3 is 13.3 Å². The molecule has 0 radical (unpaired) electrons. The molecule has 0 spiro atoms. The minimum atomic E-state index is -2.40. The lowest BCUT2D eigenvalue weighted by molar-refractivity contribution is 0.123. The van der Waals surface area contributed by atoms with Gasteiger partial charge >= 0.3 is 8.80 Å². The molecule has 0 aliphatic carbocycles. The van der Waals surface area contributed by atoms with Crippen LogP contribution in [0.4, 0.5) is 0 Å². The Labute approximate surface area is 108 Å². The van der Waals surface area contributed by atoms with E-state index in [1.54, 1.807) is 21.3 Å². The number of unbranched alkanes of at least 4 members (excludes halogenated alkanes) is 3. The molecule has 0 N–H and O–H groups in total. The molecule has 0 atom stereocenters. The van der Waals surface area contributed by atoms with Crippen molar-refractivity contribution in [3.05, 3.63) is 12.2 Å². The van der Waals surface area contributed by atoms with Gasteiger partial charge in [-0.15, -0.1) is 0 Å². The van der Waals surface area contributed by atoms with Gasteiger partial charge in [0.1, 0.15) is 0 Å². The van der Waals surface area contributed by atoms with Crippen LogP contribution in [-0.2, 0) is 13.3 Å². The molecule has 0 amide bonds. The molecule has 0 fully saturated rings. The monoisotopic (exact) mass is 260 g/mol.